The molecule has 14 aromatic rings. The van der Waals surface area contributed by atoms with E-state index in [1.807, 2.05) is 60.7 Å². The largest absolute Gasteiger partial charge is 0.456 e. The van der Waals surface area contributed by atoms with Gasteiger partial charge in [0.15, 0.2) is 17.5 Å². The van der Waals surface area contributed by atoms with Crippen LogP contribution in [0.5, 0.6) is 0 Å². The van der Waals surface area contributed by atoms with Gasteiger partial charge in [-0.05, 0) is 84.9 Å². The number of benzene rings is 9. The molecule has 0 aliphatic rings. The summed E-state index contributed by atoms with van der Waals surface area (Å²) in [6, 6.07) is 69.6. The van der Waals surface area contributed by atoms with Crippen LogP contribution in [0.4, 0.5) is 0 Å². The highest BCUT2D eigenvalue weighted by Gasteiger charge is 2.23. The minimum atomic E-state index is 0.562. The molecule has 0 fully saturated rings. The molecule has 7 nitrogen and oxygen atoms in total. The van der Waals surface area contributed by atoms with E-state index in [0.717, 1.165) is 83.0 Å². The number of fused-ring (bicyclic) bond motifs is 13. The second kappa shape index (κ2) is 13.3. The van der Waals surface area contributed by atoms with E-state index in [0.29, 0.717) is 17.5 Å². The summed E-state index contributed by atoms with van der Waals surface area (Å²) in [7, 11) is 0. The van der Waals surface area contributed by atoms with Crippen molar-refractivity contribution in [3.63, 3.8) is 0 Å². The third-order valence-corrected chi connectivity index (χ3v) is 12.8. The summed E-state index contributed by atoms with van der Waals surface area (Å²) in [6.45, 7) is 0. The first-order valence-corrected chi connectivity index (χ1v) is 21.4. The van der Waals surface area contributed by atoms with Crippen LogP contribution < -0.4 is 0 Å². The summed E-state index contributed by atoms with van der Waals surface area (Å²) >= 11 is 0. The fourth-order valence-corrected chi connectivity index (χ4v) is 10.1. The van der Waals surface area contributed by atoms with Crippen LogP contribution in [0.2, 0.25) is 0 Å². The summed E-state index contributed by atoms with van der Waals surface area (Å²) in [4.78, 5) is 15.8. The highest BCUT2D eigenvalue weighted by atomic mass is 16.3. The fourth-order valence-electron chi connectivity index (χ4n) is 10.1. The summed E-state index contributed by atoms with van der Waals surface area (Å²) in [5.74, 6) is 1.69. The SMILES string of the molecule is c1ccc(-n2c3ccccc3c3c4c5ccccc5n(-c5ccc(-c6nc(-c7cccc8oc9ccccc9c78)nc(-c7cccc8oc9ccccc9c78)n6)cc5)c4ccc32)cc1. The Morgan fingerprint density at radius 1 is 0.281 bits per heavy atom. The summed E-state index contributed by atoms with van der Waals surface area (Å²) in [5, 5.41) is 8.87. The smallest absolute Gasteiger partial charge is 0.164 e. The van der Waals surface area contributed by atoms with E-state index >= 15 is 0 Å². The molecule has 0 bridgehead atoms. The van der Waals surface area contributed by atoms with Crippen LogP contribution in [0.25, 0.3) is 133 Å². The normalized spacial score (nSPS) is 12.1. The predicted octanol–water partition coefficient (Wildman–Crippen LogP) is 14.9. The molecule has 0 aliphatic carbocycles. The average molecular weight is 820 g/mol. The van der Waals surface area contributed by atoms with E-state index < -0.39 is 0 Å². The van der Waals surface area contributed by atoms with Crippen molar-refractivity contribution in [2.45, 2.75) is 0 Å². The van der Waals surface area contributed by atoms with Gasteiger partial charge in [-0.3, -0.25) is 0 Å². The molecule has 9 aromatic carbocycles. The number of hydrogen-bond donors (Lipinski definition) is 0. The first-order chi connectivity index (χ1) is 31.7. The topological polar surface area (TPSA) is 74.8 Å². The maximum absolute atomic E-state index is 6.33. The second-order valence-electron chi connectivity index (χ2n) is 16.3. The van der Waals surface area contributed by atoms with E-state index in [4.69, 9.17) is 23.8 Å². The zero-order valence-corrected chi connectivity index (χ0v) is 34.1. The van der Waals surface area contributed by atoms with Crippen molar-refractivity contribution in [3.8, 4) is 45.5 Å². The first-order valence-electron chi connectivity index (χ1n) is 21.4. The van der Waals surface area contributed by atoms with E-state index in [9.17, 15) is 0 Å². The lowest BCUT2D eigenvalue weighted by molar-refractivity contribution is 0.668. The molecule has 0 amide bonds. The van der Waals surface area contributed by atoms with Crippen molar-refractivity contribution in [1.82, 2.24) is 24.1 Å². The molecule has 298 valence electrons. The molecule has 5 aromatic heterocycles. The van der Waals surface area contributed by atoms with Crippen LogP contribution in [0, 0.1) is 0 Å². The lowest BCUT2D eigenvalue weighted by Crippen LogP contribution is -2.01. The van der Waals surface area contributed by atoms with Gasteiger partial charge in [0.1, 0.15) is 22.3 Å². The number of para-hydroxylation sites is 5. The predicted molar refractivity (Wildman–Crippen MR) is 259 cm³/mol. The van der Waals surface area contributed by atoms with Gasteiger partial charge in [0.25, 0.3) is 0 Å². The molecule has 64 heavy (non-hydrogen) atoms. The number of furan rings is 2. The Balaban J connectivity index is 0.977. The lowest BCUT2D eigenvalue weighted by atomic mass is 10.0. The molecule has 0 radical (unpaired) electrons. The molecule has 0 aliphatic heterocycles. The first kappa shape index (κ1) is 34.9. The van der Waals surface area contributed by atoms with Gasteiger partial charge in [-0.1, -0.05) is 115 Å². The minimum absolute atomic E-state index is 0.562. The van der Waals surface area contributed by atoms with Crippen LogP contribution in [0.15, 0.2) is 209 Å². The number of hydrogen-bond acceptors (Lipinski definition) is 5. The van der Waals surface area contributed by atoms with Crippen LogP contribution in [-0.4, -0.2) is 24.1 Å². The van der Waals surface area contributed by atoms with Crippen LogP contribution in [0.1, 0.15) is 0 Å². The molecule has 0 saturated heterocycles. The highest BCUT2D eigenvalue weighted by molar-refractivity contribution is 6.29. The molecule has 0 unspecified atom stereocenters. The molecular weight excluding hydrogens is 787 g/mol. The molecule has 14 rings (SSSR count). The Bertz CT molecular complexity index is 4060. The summed E-state index contributed by atoms with van der Waals surface area (Å²) in [5.41, 5.74) is 12.6. The van der Waals surface area contributed by atoms with Crippen molar-refractivity contribution in [1.29, 1.82) is 0 Å². The lowest BCUT2D eigenvalue weighted by Gasteiger charge is -2.12. The van der Waals surface area contributed by atoms with Gasteiger partial charge in [-0.2, -0.15) is 0 Å². The molecule has 0 spiro atoms. The van der Waals surface area contributed by atoms with Gasteiger partial charge in [0, 0.05) is 71.2 Å². The van der Waals surface area contributed by atoms with Crippen LogP contribution in [-0.2, 0) is 0 Å². The van der Waals surface area contributed by atoms with Crippen molar-refractivity contribution in [2.24, 2.45) is 0 Å². The average Bonchev–Trinajstić information content (AvgIpc) is 4.12. The van der Waals surface area contributed by atoms with Gasteiger partial charge in [-0.25, -0.2) is 15.0 Å². The van der Waals surface area contributed by atoms with E-state index in [1.165, 1.54) is 32.6 Å². The van der Waals surface area contributed by atoms with Crippen molar-refractivity contribution >= 4 is 87.5 Å². The van der Waals surface area contributed by atoms with Gasteiger partial charge in [0.05, 0.1) is 22.1 Å². The van der Waals surface area contributed by atoms with Gasteiger partial charge >= 0.3 is 0 Å². The van der Waals surface area contributed by atoms with E-state index in [1.54, 1.807) is 0 Å². The number of rotatable bonds is 5. The van der Waals surface area contributed by atoms with Crippen molar-refractivity contribution < 1.29 is 8.83 Å². The Kier molecular flexibility index (Phi) is 7.27. The van der Waals surface area contributed by atoms with Crippen molar-refractivity contribution in [2.75, 3.05) is 0 Å². The zero-order chi connectivity index (χ0) is 41.9. The minimum Gasteiger partial charge on any atom is -0.456 e. The standard InChI is InChI=1S/C57H33N5O2/c1-2-14-35(15-3-1)61-43-22-8-4-16-37(43)53-45(61)32-33-46-54(53)38-17-5-9-23-44(38)62(46)36-30-28-34(29-31-36)55-58-56(41-20-12-26-49-51(41)39-18-6-10-24-47(39)63-49)60-57(59-55)42-21-13-27-50-52(42)40-19-7-11-25-48(40)64-50/h1-33H. The fraction of sp³-hybridized carbons (Fsp3) is 0. The van der Waals surface area contributed by atoms with E-state index in [2.05, 4.69) is 149 Å². The molecule has 5 heterocycles. The quantitative estimate of drug-likeness (QED) is 0.173. The highest BCUT2D eigenvalue weighted by Crippen LogP contribution is 2.43. The van der Waals surface area contributed by atoms with Gasteiger partial charge in [-0.15, -0.1) is 0 Å². The molecule has 0 atom stereocenters. The third-order valence-electron chi connectivity index (χ3n) is 12.8. The Hall–Kier alpha value is -8.81. The van der Waals surface area contributed by atoms with Crippen LogP contribution >= 0.6 is 0 Å². The Morgan fingerprint density at radius 3 is 1.23 bits per heavy atom. The number of aromatic nitrogens is 5. The number of nitrogens with zero attached hydrogens (tertiary/aromatic N) is 5. The van der Waals surface area contributed by atoms with Gasteiger partial charge in [0.2, 0.25) is 0 Å². The third kappa shape index (κ3) is 5.00. The maximum Gasteiger partial charge on any atom is 0.164 e. The maximum atomic E-state index is 6.33. The zero-order valence-electron chi connectivity index (χ0n) is 34.1. The van der Waals surface area contributed by atoms with Crippen LogP contribution in [0.3, 0.4) is 0 Å². The molecule has 0 N–H and O–H groups in total. The molecule has 0 saturated carbocycles. The Labute approximate surface area is 364 Å². The van der Waals surface area contributed by atoms with Crippen molar-refractivity contribution in [3.05, 3.63) is 200 Å². The van der Waals surface area contributed by atoms with Gasteiger partial charge < -0.3 is 18.0 Å². The second-order valence-corrected chi connectivity index (χ2v) is 16.3. The summed E-state index contributed by atoms with van der Waals surface area (Å²) in [6.07, 6.45) is 0. The Morgan fingerprint density at radius 2 is 0.703 bits per heavy atom. The monoisotopic (exact) mass is 819 g/mol. The summed E-state index contributed by atoms with van der Waals surface area (Å²) < 4.78 is 17.4. The molecular formula is C57H33N5O2. The molecule has 7 heteroatoms. The van der Waals surface area contributed by atoms with E-state index in [-0.39, 0.29) is 0 Å².